The van der Waals surface area contributed by atoms with Crippen molar-refractivity contribution in [3.05, 3.63) is 40.2 Å². The van der Waals surface area contributed by atoms with Crippen LogP contribution in [0.3, 0.4) is 0 Å². The van der Waals surface area contributed by atoms with Crippen molar-refractivity contribution in [2.45, 2.75) is 13.8 Å². The van der Waals surface area contributed by atoms with Crippen molar-refractivity contribution in [2.75, 3.05) is 7.11 Å². The molecule has 1 aliphatic rings. The summed E-state index contributed by atoms with van der Waals surface area (Å²) in [6, 6.07) is 1.27. The Morgan fingerprint density at radius 2 is 1.87 bits per heavy atom. The number of Topliss-reactive ketones (excluding diaryl/α,β-unsaturated/α-hetero) is 2. The summed E-state index contributed by atoms with van der Waals surface area (Å²) in [4.78, 5) is 36.2. The van der Waals surface area contributed by atoms with Gasteiger partial charge in [-0.3, -0.25) is 18.9 Å². The Morgan fingerprint density at radius 1 is 1.26 bits per heavy atom. The third-order valence-corrected chi connectivity index (χ3v) is 3.59. The maximum absolute atomic E-state index is 12.2. The summed E-state index contributed by atoms with van der Waals surface area (Å²) in [5.41, 5.74) is -0.579. The first-order valence-corrected chi connectivity index (χ1v) is 7.63. The van der Waals surface area contributed by atoms with Gasteiger partial charge in [-0.2, -0.15) is 8.42 Å². The molecule has 9 heteroatoms. The quantitative estimate of drug-likeness (QED) is 0.642. The zero-order valence-corrected chi connectivity index (χ0v) is 13.2. The number of rotatable bonds is 4. The molecule has 0 saturated heterocycles. The zero-order valence-electron chi connectivity index (χ0n) is 12.4. The van der Waals surface area contributed by atoms with E-state index in [9.17, 15) is 22.8 Å². The molecule has 23 heavy (non-hydrogen) atoms. The molecule has 0 radical (unpaired) electrons. The second kappa shape index (κ2) is 5.60. The molecule has 0 unspecified atom stereocenters. The van der Waals surface area contributed by atoms with E-state index in [-0.39, 0.29) is 22.4 Å². The van der Waals surface area contributed by atoms with Crippen molar-refractivity contribution in [2.24, 2.45) is 0 Å². The number of aryl methyl sites for hydroxylation is 1. The first-order chi connectivity index (χ1) is 10.6. The highest BCUT2D eigenvalue weighted by atomic mass is 32.3. The van der Waals surface area contributed by atoms with Gasteiger partial charge in [0.05, 0.1) is 18.2 Å². The van der Waals surface area contributed by atoms with Gasteiger partial charge in [0.2, 0.25) is 5.78 Å². The fourth-order valence-electron chi connectivity index (χ4n) is 2.38. The van der Waals surface area contributed by atoms with Crippen LogP contribution in [0.5, 0.6) is 5.75 Å². The fraction of sp³-hybridized carbons (Fsp3) is 0.214. The maximum atomic E-state index is 12.2. The largest absolute Gasteiger partial charge is 0.492 e. The number of carbonyl (C=O) groups excluding carboxylic acids is 3. The molecule has 0 atom stereocenters. The van der Waals surface area contributed by atoms with Gasteiger partial charge in [-0.25, -0.2) is 0 Å². The Hall–Kier alpha value is -2.52. The summed E-state index contributed by atoms with van der Waals surface area (Å²) in [7, 11) is -3.81. The molecule has 122 valence electrons. The second-order valence-corrected chi connectivity index (χ2v) is 5.82. The number of benzene rings is 1. The maximum Gasteiger partial charge on any atom is 0.446 e. The van der Waals surface area contributed by atoms with Gasteiger partial charge in [0, 0.05) is 11.6 Å². The van der Waals surface area contributed by atoms with Crippen LogP contribution in [-0.4, -0.2) is 37.4 Å². The molecule has 8 nitrogen and oxygen atoms in total. The van der Waals surface area contributed by atoms with E-state index in [0.717, 1.165) is 13.0 Å². The topological polar surface area (TPSA) is 124 Å². The number of ketones is 3. The van der Waals surface area contributed by atoms with Crippen LogP contribution in [0.4, 0.5) is 0 Å². The Balaban J connectivity index is 2.89. The molecule has 1 aliphatic carbocycles. The van der Waals surface area contributed by atoms with Crippen LogP contribution in [0.15, 0.2) is 17.9 Å². The van der Waals surface area contributed by atoms with Gasteiger partial charge in [-0.1, -0.05) is 0 Å². The van der Waals surface area contributed by atoms with Gasteiger partial charge in [0.25, 0.3) is 0 Å². The predicted octanol–water partition coefficient (Wildman–Crippen LogP) is 1.29. The standard InChI is InChI=1S/C14H12O8S/c1-6-4-8-12(9(16)5-10(21-3)13(8)17)14(11(6)7(2)15)22-23(18,19)20/h4-5H,1-3H3,(H,18,19,20). The average Bonchev–Trinajstić information content (AvgIpc) is 2.39. The van der Waals surface area contributed by atoms with Crippen LogP contribution in [0, 0.1) is 6.92 Å². The highest BCUT2D eigenvalue weighted by Gasteiger charge is 2.34. The van der Waals surface area contributed by atoms with Crippen LogP contribution in [0.25, 0.3) is 0 Å². The minimum Gasteiger partial charge on any atom is -0.492 e. The van der Waals surface area contributed by atoms with E-state index < -0.39 is 39.1 Å². The first-order valence-electron chi connectivity index (χ1n) is 6.27. The van der Waals surface area contributed by atoms with Gasteiger partial charge in [0.1, 0.15) is 0 Å². The van der Waals surface area contributed by atoms with Crippen LogP contribution in [-0.2, 0) is 15.1 Å². The minimum absolute atomic E-state index is 0.171. The molecule has 0 saturated carbocycles. The Bertz CT molecular complexity index is 877. The summed E-state index contributed by atoms with van der Waals surface area (Å²) in [5.74, 6) is -2.93. The van der Waals surface area contributed by atoms with Crippen LogP contribution in [0.1, 0.15) is 43.6 Å². The second-order valence-electron chi connectivity index (χ2n) is 4.79. The number of hydrogen-bond acceptors (Lipinski definition) is 7. The van der Waals surface area contributed by atoms with E-state index in [0.29, 0.717) is 0 Å². The number of methoxy groups -OCH3 is 1. The van der Waals surface area contributed by atoms with E-state index in [4.69, 9.17) is 9.29 Å². The van der Waals surface area contributed by atoms with E-state index >= 15 is 0 Å². The predicted molar refractivity (Wildman–Crippen MR) is 77.1 cm³/mol. The average molecular weight is 340 g/mol. The molecule has 1 aromatic carbocycles. The molecule has 0 fully saturated rings. The van der Waals surface area contributed by atoms with E-state index in [2.05, 4.69) is 4.18 Å². The smallest absolute Gasteiger partial charge is 0.446 e. The molecular weight excluding hydrogens is 328 g/mol. The lowest BCUT2D eigenvalue weighted by Crippen LogP contribution is -2.22. The molecule has 1 aromatic rings. The Morgan fingerprint density at radius 3 is 2.35 bits per heavy atom. The lowest BCUT2D eigenvalue weighted by atomic mass is 9.87. The van der Waals surface area contributed by atoms with Gasteiger partial charge in [0.15, 0.2) is 23.1 Å². The molecule has 0 aliphatic heterocycles. The number of carbonyl (C=O) groups is 3. The van der Waals surface area contributed by atoms with Gasteiger partial charge >= 0.3 is 10.4 Å². The lowest BCUT2D eigenvalue weighted by Gasteiger charge is -2.20. The summed E-state index contributed by atoms with van der Waals surface area (Å²) < 4.78 is 40.3. The van der Waals surface area contributed by atoms with Gasteiger partial charge in [-0.15, -0.1) is 0 Å². The minimum atomic E-state index is -5.01. The normalized spacial score (nSPS) is 14.2. The SMILES string of the molecule is COC1=CC(=O)c2c(cc(C)c(C(C)=O)c2OS(=O)(=O)O)C1=O. The van der Waals surface area contributed by atoms with Crippen LogP contribution < -0.4 is 4.18 Å². The number of allylic oxidation sites excluding steroid dienone is 2. The Labute approximate surface area is 131 Å². The third kappa shape index (κ3) is 3.01. The van der Waals surface area contributed by atoms with Crippen molar-refractivity contribution in [3.8, 4) is 5.75 Å². The van der Waals surface area contributed by atoms with Gasteiger partial charge < -0.3 is 8.92 Å². The Kier molecular flexibility index (Phi) is 4.10. The van der Waals surface area contributed by atoms with Crippen molar-refractivity contribution < 1.29 is 36.3 Å². The fourth-order valence-corrected chi connectivity index (χ4v) is 2.76. The van der Waals surface area contributed by atoms with E-state index in [1.807, 2.05) is 0 Å². The molecule has 1 N–H and O–H groups in total. The molecule has 2 rings (SSSR count). The zero-order chi connectivity index (χ0) is 17.5. The van der Waals surface area contributed by atoms with Crippen LogP contribution in [0.2, 0.25) is 0 Å². The first kappa shape index (κ1) is 16.8. The van der Waals surface area contributed by atoms with E-state index in [1.54, 1.807) is 0 Å². The van der Waals surface area contributed by atoms with E-state index in [1.165, 1.54) is 20.1 Å². The van der Waals surface area contributed by atoms with Crippen molar-refractivity contribution in [1.29, 1.82) is 0 Å². The monoisotopic (exact) mass is 340 g/mol. The number of fused-ring (bicyclic) bond motifs is 1. The third-order valence-electron chi connectivity index (χ3n) is 3.22. The molecule has 0 amide bonds. The molecule has 0 spiro atoms. The summed E-state index contributed by atoms with van der Waals surface area (Å²) in [6.07, 6.45) is 0.862. The van der Waals surface area contributed by atoms with Gasteiger partial charge in [-0.05, 0) is 25.5 Å². The molecule has 0 bridgehead atoms. The van der Waals surface area contributed by atoms with Crippen molar-refractivity contribution >= 4 is 27.7 Å². The number of hydrogen-bond donors (Lipinski definition) is 1. The number of ether oxygens (including phenoxy) is 1. The van der Waals surface area contributed by atoms with Crippen molar-refractivity contribution in [1.82, 2.24) is 0 Å². The molecular formula is C14H12O8S. The lowest BCUT2D eigenvalue weighted by molar-refractivity contribution is 0.0914. The highest BCUT2D eigenvalue weighted by molar-refractivity contribution is 7.81. The molecule has 0 aromatic heterocycles. The highest BCUT2D eigenvalue weighted by Crippen LogP contribution is 2.36. The summed E-state index contributed by atoms with van der Waals surface area (Å²) in [6.45, 7) is 2.58. The molecule has 0 heterocycles. The van der Waals surface area contributed by atoms with Crippen molar-refractivity contribution in [3.63, 3.8) is 0 Å². The summed E-state index contributed by atoms with van der Waals surface area (Å²) >= 11 is 0. The summed E-state index contributed by atoms with van der Waals surface area (Å²) in [5, 5.41) is 0. The van der Waals surface area contributed by atoms with Crippen LogP contribution >= 0.6 is 0 Å².